The minimum Gasteiger partial charge on any atom is -0.0654 e. The van der Waals surface area contributed by atoms with Gasteiger partial charge in [0.1, 0.15) is 0 Å². The molecule has 0 rings (SSSR count). The first-order chi connectivity index (χ1) is 40.8. The monoisotopic (exact) mass is 1210 g/mol. The van der Waals surface area contributed by atoms with Gasteiger partial charge in [0.2, 0.25) is 0 Å². The van der Waals surface area contributed by atoms with Crippen molar-refractivity contribution in [2.45, 2.75) is 449 Å². The van der Waals surface area contributed by atoms with Crippen molar-refractivity contribution in [2.75, 3.05) is 0 Å². The van der Waals surface area contributed by atoms with Crippen LogP contribution in [0.25, 0.3) is 0 Å². The molecular formula is C86H173. The molecule has 0 aliphatic carbocycles. The third-order valence-electron chi connectivity index (χ3n) is 25.7. The van der Waals surface area contributed by atoms with Gasteiger partial charge in [0.15, 0.2) is 0 Å². The maximum atomic E-state index is 3.09. The van der Waals surface area contributed by atoms with E-state index in [1.165, 1.54) is 276 Å². The smallest absolute Gasteiger partial charge is 0.0168 e. The summed E-state index contributed by atoms with van der Waals surface area (Å²) in [5, 5.41) is 0. The molecule has 0 bridgehead atoms. The molecule has 0 heterocycles. The molecule has 0 aromatic heterocycles. The summed E-state index contributed by atoms with van der Waals surface area (Å²) < 4.78 is 0. The normalized spacial score (nSPS) is 18.2. The Hall–Kier alpha value is 0. The Morgan fingerprint density at radius 2 is 0.733 bits per heavy atom. The maximum Gasteiger partial charge on any atom is -0.0168 e. The third-order valence-corrected chi connectivity index (χ3v) is 25.7. The van der Waals surface area contributed by atoms with Crippen LogP contribution in [0.15, 0.2) is 0 Å². The van der Waals surface area contributed by atoms with Crippen LogP contribution in [0.4, 0.5) is 0 Å². The minimum atomic E-state index is 0.125. The molecule has 0 fully saturated rings. The van der Waals surface area contributed by atoms with Crippen molar-refractivity contribution in [1.82, 2.24) is 0 Å². The highest BCUT2D eigenvalue weighted by Crippen LogP contribution is 2.71. The highest BCUT2D eigenvalue weighted by molar-refractivity contribution is 5.20. The standard InChI is InChI=1S/C86H173/c1-26-39-43-54-76(49-30-5)62-81(61-72(19)70(16)17)86(68-82(22,23)38-13,67-80(53-34-9)57-46-42-29-4)83(24,25)84(63-75(36-11)37-12,64-77(50-31-6)55-44-40-27-2)65-78(51-32-7)58-47-48-59-85(73(20)60-69(14)15,74(21)71(18)35-10)66-79(52-33-8)56-45-41-28-3/h69-80H,26-68H2,1-25H3. The Labute approximate surface area is 550 Å². The van der Waals surface area contributed by atoms with Gasteiger partial charge in [-0.05, 0) is 168 Å². The van der Waals surface area contributed by atoms with Gasteiger partial charge in [0, 0.05) is 0 Å². The summed E-state index contributed by atoms with van der Waals surface area (Å²) in [5.74, 6) is 11.4. The fraction of sp³-hybridized carbons (Fsp3) is 0.988. The van der Waals surface area contributed by atoms with Gasteiger partial charge in [-0.1, -0.05) is 385 Å². The van der Waals surface area contributed by atoms with Crippen molar-refractivity contribution in [3.8, 4) is 0 Å². The van der Waals surface area contributed by atoms with E-state index < -0.39 is 0 Å². The number of hydrogen-bond acceptors (Lipinski definition) is 0. The van der Waals surface area contributed by atoms with E-state index in [0.29, 0.717) is 17.3 Å². The molecule has 12 atom stereocenters. The average Bonchev–Trinajstić information content (AvgIpc) is 0.735. The molecule has 0 saturated heterocycles. The zero-order valence-corrected chi connectivity index (χ0v) is 65.3. The third kappa shape index (κ3) is 30.0. The van der Waals surface area contributed by atoms with Crippen molar-refractivity contribution < 1.29 is 0 Å². The topological polar surface area (TPSA) is 0 Å². The van der Waals surface area contributed by atoms with Crippen LogP contribution in [0.5, 0.6) is 0 Å². The molecule has 0 aliphatic rings. The first-order valence-corrected chi connectivity index (χ1v) is 40.7. The van der Waals surface area contributed by atoms with E-state index in [1.54, 1.807) is 0 Å². The Kier molecular flexibility index (Phi) is 47.8. The van der Waals surface area contributed by atoms with Crippen molar-refractivity contribution in [3.63, 3.8) is 0 Å². The molecule has 0 spiro atoms. The van der Waals surface area contributed by atoms with Gasteiger partial charge < -0.3 is 0 Å². The van der Waals surface area contributed by atoms with Gasteiger partial charge in [0.05, 0.1) is 0 Å². The summed E-state index contributed by atoms with van der Waals surface area (Å²) in [6, 6.07) is 0. The van der Waals surface area contributed by atoms with Gasteiger partial charge >= 0.3 is 0 Å². The van der Waals surface area contributed by atoms with E-state index in [0.717, 1.165) is 59.2 Å². The van der Waals surface area contributed by atoms with Crippen molar-refractivity contribution >= 4 is 0 Å². The van der Waals surface area contributed by atoms with E-state index in [4.69, 9.17) is 0 Å². The summed E-state index contributed by atoms with van der Waals surface area (Å²) in [7, 11) is 0. The maximum absolute atomic E-state index is 3.09. The SMILES string of the molecule is CCCCCC(CCC)C[C](CC(C)C(C)C)C(CC(CCC)CCCCC)(CC(C)(C)CC)C(C)(C)C(CC(CC)CC)(CC(CCC)CCCCC)CC(CCC)CCCCC(CC(CCC)CCCCC)(C(C)CC(C)C)C(C)C(C)CC. The van der Waals surface area contributed by atoms with Gasteiger partial charge in [0.25, 0.3) is 0 Å². The van der Waals surface area contributed by atoms with Crippen LogP contribution in [-0.4, -0.2) is 0 Å². The van der Waals surface area contributed by atoms with Crippen molar-refractivity contribution in [2.24, 2.45) is 98.1 Å². The molecule has 0 aromatic carbocycles. The quantitative estimate of drug-likeness (QED) is 0.0533. The summed E-state index contributed by atoms with van der Waals surface area (Å²) in [4.78, 5) is 0. The molecule has 0 nitrogen and oxygen atoms in total. The van der Waals surface area contributed by atoms with Gasteiger partial charge in [-0.15, -0.1) is 0 Å². The molecule has 517 valence electrons. The first kappa shape index (κ1) is 86.0. The number of rotatable bonds is 60. The zero-order valence-electron chi connectivity index (χ0n) is 65.3. The lowest BCUT2D eigenvalue weighted by Crippen LogP contribution is -2.57. The second kappa shape index (κ2) is 47.8. The lowest BCUT2D eigenvalue weighted by molar-refractivity contribution is -0.130. The second-order valence-corrected chi connectivity index (χ2v) is 34.1. The fourth-order valence-corrected chi connectivity index (χ4v) is 19.1. The van der Waals surface area contributed by atoms with Gasteiger partial charge in [-0.3, -0.25) is 0 Å². The lowest BCUT2D eigenvalue weighted by atomic mass is 9.39. The van der Waals surface area contributed by atoms with E-state index in [1.807, 2.05) is 0 Å². The molecule has 0 N–H and O–H groups in total. The first-order valence-electron chi connectivity index (χ1n) is 40.7. The average molecular weight is 1210 g/mol. The molecule has 0 saturated carbocycles. The number of unbranched alkanes of at least 4 members (excludes halogenated alkanes) is 9. The second-order valence-electron chi connectivity index (χ2n) is 34.1. The van der Waals surface area contributed by atoms with E-state index in [-0.39, 0.29) is 21.7 Å². The van der Waals surface area contributed by atoms with Crippen LogP contribution in [-0.2, 0) is 0 Å². The summed E-state index contributed by atoms with van der Waals surface area (Å²) in [6.45, 7) is 65.7. The van der Waals surface area contributed by atoms with Crippen LogP contribution in [0.3, 0.4) is 0 Å². The van der Waals surface area contributed by atoms with Crippen LogP contribution in [0, 0.1) is 104 Å². The van der Waals surface area contributed by atoms with Crippen LogP contribution < -0.4 is 0 Å². The Morgan fingerprint density at radius 1 is 0.349 bits per heavy atom. The minimum absolute atomic E-state index is 0.125. The molecule has 0 aliphatic heterocycles. The molecule has 0 heteroatoms. The highest BCUT2D eigenvalue weighted by Gasteiger charge is 2.62. The summed E-state index contributed by atoms with van der Waals surface area (Å²) in [5.41, 5.74) is 1.21. The lowest BCUT2D eigenvalue weighted by Gasteiger charge is -2.65. The zero-order chi connectivity index (χ0) is 65.4. The van der Waals surface area contributed by atoms with Crippen LogP contribution in [0.2, 0.25) is 0 Å². The molecular weight excluding hydrogens is 1030 g/mol. The van der Waals surface area contributed by atoms with Crippen molar-refractivity contribution in [3.05, 3.63) is 5.92 Å². The molecule has 1 radical (unpaired) electrons. The van der Waals surface area contributed by atoms with E-state index >= 15 is 0 Å². The van der Waals surface area contributed by atoms with Gasteiger partial charge in [-0.2, -0.15) is 0 Å². The van der Waals surface area contributed by atoms with E-state index in [9.17, 15) is 0 Å². The van der Waals surface area contributed by atoms with Gasteiger partial charge in [-0.25, -0.2) is 0 Å². The Morgan fingerprint density at radius 3 is 1.10 bits per heavy atom. The molecule has 12 unspecified atom stereocenters. The highest BCUT2D eigenvalue weighted by atomic mass is 14.7. The summed E-state index contributed by atoms with van der Waals surface area (Å²) in [6.07, 6.45) is 60.0. The molecule has 86 heavy (non-hydrogen) atoms. The largest absolute Gasteiger partial charge is 0.0654 e. The predicted octanol–water partition coefficient (Wildman–Crippen LogP) is 31.2. The van der Waals surface area contributed by atoms with Crippen LogP contribution in [0.1, 0.15) is 449 Å². The van der Waals surface area contributed by atoms with E-state index in [2.05, 4.69) is 179 Å². The Balaban J connectivity index is 9.41. The summed E-state index contributed by atoms with van der Waals surface area (Å²) >= 11 is 0. The fourth-order valence-electron chi connectivity index (χ4n) is 19.1. The van der Waals surface area contributed by atoms with Crippen molar-refractivity contribution in [1.29, 1.82) is 0 Å². The van der Waals surface area contributed by atoms with Crippen LogP contribution >= 0.6 is 0 Å². The predicted molar refractivity (Wildman–Crippen MR) is 398 cm³/mol. The Bertz CT molecular complexity index is 1510. The molecule has 0 amide bonds. The number of hydrogen-bond donors (Lipinski definition) is 0. The molecule has 0 aromatic rings.